The Kier molecular flexibility index (Phi) is 1.97. The van der Waals surface area contributed by atoms with E-state index in [1.807, 2.05) is 0 Å². The smallest absolute Gasteiger partial charge is 0.0431 e. The van der Waals surface area contributed by atoms with Crippen LogP contribution in [0.4, 0.5) is 5.69 Å². The molecule has 1 nitrogen and oxygen atoms in total. The van der Waals surface area contributed by atoms with E-state index >= 15 is 0 Å². The van der Waals surface area contributed by atoms with E-state index in [9.17, 15) is 0 Å². The Labute approximate surface area is 85.7 Å². The molecule has 3 rings (SSSR count). The van der Waals surface area contributed by atoms with Gasteiger partial charge in [-0.1, -0.05) is 18.2 Å². The number of anilines is 1. The minimum atomic E-state index is 1.28. The Morgan fingerprint density at radius 3 is 2.43 bits per heavy atom. The van der Waals surface area contributed by atoms with Gasteiger partial charge in [0.2, 0.25) is 0 Å². The molecule has 0 saturated carbocycles. The molecule has 0 unspecified atom stereocenters. The SMILES string of the molecule is c1cc2c3c(c1)CCCN3CCCC2. The van der Waals surface area contributed by atoms with Gasteiger partial charge >= 0.3 is 0 Å². The van der Waals surface area contributed by atoms with Gasteiger partial charge in [0.15, 0.2) is 0 Å². The summed E-state index contributed by atoms with van der Waals surface area (Å²) in [6, 6.07) is 6.88. The number of para-hydroxylation sites is 1. The number of aryl methyl sites for hydroxylation is 2. The lowest BCUT2D eigenvalue weighted by Gasteiger charge is -2.31. The van der Waals surface area contributed by atoms with Crippen LogP contribution in [0.25, 0.3) is 0 Å². The molecule has 0 bridgehead atoms. The van der Waals surface area contributed by atoms with E-state index in [0.29, 0.717) is 0 Å². The maximum Gasteiger partial charge on any atom is 0.0431 e. The van der Waals surface area contributed by atoms with Crippen molar-refractivity contribution >= 4 is 5.69 Å². The molecule has 0 atom stereocenters. The van der Waals surface area contributed by atoms with Gasteiger partial charge in [0, 0.05) is 18.8 Å². The average Bonchev–Trinajstić information content (AvgIpc) is 2.44. The van der Waals surface area contributed by atoms with E-state index in [2.05, 4.69) is 23.1 Å². The third-order valence-electron chi connectivity index (χ3n) is 3.52. The first-order chi connectivity index (χ1) is 6.95. The lowest BCUT2D eigenvalue weighted by Crippen LogP contribution is -2.30. The van der Waals surface area contributed by atoms with Gasteiger partial charge in [0.25, 0.3) is 0 Å². The zero-order valence-corrected chi connectivity index (χ0v) is 8.63. The molecule has 1 heteroatoms. The van der Waals surface area contributed by atoms with Crippen LogP contribution in [-0.2, 0) is 12.8 Å². The maximum atomic E-state index is 2.61. The second kappa shape index (κ2) is 3.30. The summed E-state index contributed by atoms with van der Waals surface area (Å²) < 4.78 is 0. The second-order valence-electron chi connectivity index (χ2n) is 4.47. The highest BCUT2D eigenvalue weighted by atomic mass is 15.1. The van der Waals surface area contributed by atoms with Gasteiger partial charge in [-0.15, -0.1) is 0 Å². The van der Waals surface area contributed by atoms with Gasteiger partial charge in [-0.2, -0.15) is 0 Å². The molecular weight excluding hydrogens is 170 g/mol. The Hall–Kier alpha value is -0.980. The summed E-state index contributed by atoms with van der Waals surface area (Å²) in [5, 5.41) is 0. The summed E-state index contributed by atoms with van der Waals surface area (Å²) in [6.07, 6.45) is 6.66. The first-order valence-corrected chi connectivity index (χ1v) is 5.81. The lowest BCUT2D eigenvalue weighted by atomic mass is 9.97. The molecule has 0 aromatic heterocycles. The van der Waals surface area contributed by atoms with E-state index in [1.165, 1.54) is 45.2 Å². The van der Waals surface area contributed by atoms with Crippen LogP contribution in [-0.4, -0.2) is 13.1 Å². The van der Waals surface area contributed by atoms with Gasteiger partial charge in [0.1, 0.15) is 0 Å². The maximum absolute atomic E-state index is 2.61. The third-order valence-corrected chi connectivity index (χ3v) is 3.52. The number of nitrogens with zero attached hydrogens (tertiary/aromatic N) is 1. The van der Waals surface area contributed by atoms with Crippen molar-refractivity contribution in [1.29, 1.82) is 0 Å². The molecule has 0 fully saturated rings. The van der Waals surface area contributed by atoms with Crippen LogP contribution in [0, 0.1) is 0 Å². The Morgan fingerprint density at radius 1 is 0.857 bits per heavy atom. The van der Waals surface area contributed by atoms with Gasteiger partial charge in [0.05, 0.1) is 0 Å². The lowest BCUT2D eigenvalue weighted by molar-refractivity contribution is 0.667. The van der Waals surface area contributed by atoms with Crippen LogP contribution < -0.4 is 4.90 Å². The minimum absolute atomic E-state index is 1.28. The van der Waals surface area contributed by atoms with Crippen molar-refractivity contribution in [2.45, 2.75) is 32.1 Å². The van der Waals surface area contributed by atoms with Crippen LogP contribution in [0.3, 0.4) is 0 Å². The summed E-state index contributed by atoms with van der Waals surface area (Å²) in [4.78, 5) is 2.61. The van der Waals surface area contributed by atoms with Gasteiger partial charge in [-0.3, -0.25) is 0 Å². The predicted octanol–water partition coefficient (Wildman–Crippen LogP) is 2.78. The Morgan fingerprint density at radius 2 is 1.57 bits per heavy atom. The van der Waals surface area contributed by atoms with Crippen molar-refractivity contribution < 1.29 is 0 Å². The van der Waals surface area contributed by atoms with Gasteiger partial charge in [-0.25, -0.2) is 0 Å². The molecule has 0 saturated heterocycles. The van der Waals surface area contributed by atoms with Crippen molar-refractivity contribution in [1.82, 2.24) is 0 Å². The molecule has 0 amide bonds. The summed E-state index contributed by atoms with van der Waals surface area (Å²) in [7, 11) is 0. The fraction of sp³-hybridized carbons (Fsp3) is 0.538. The van der Waals surface area contributed by atoms with Crippen molar-refractivity contribution in [3.63, 3.8) is 0 Å². The first kappa shape index (κ1) is 8.34. The molecule has 0 spiro atoms. The quantitative estimate of drug-likeness (QED) is 0.603. The van der Waals surface area contributed by atoms with Gasteiger partial charge < -0.3 is 4.90 Å². The molecule has 0 radical (unpaired) electrons. The standard InChI is InChI=1S/C13H17N/c1-2-9-14-10-4-8-12-7-3-6-11(5-1)13(12)14/h3,6-7H,1-2,4-5,8-10H2. The molecule has 1 aromatic carbocycles. The topological polar surface area (TPSA) is 3.24 Å². The highest BCUT2D eigenvalue weighted by molar-refractivity contribution is 5.61. The van der Waals surface area contributed by atoms with E-state index in [-0.39, 0.29) is 0 Å². The zero-order chi connectivity index (χ0) is 9.38. The molecule has 2 heterocycles. The number of benzene rings is 1. The van der Waals surface area contributed by atoms with Crippen LogP contribution in [0.2, 0.25) is 0 Å². The molecule has 0 aliphatic carbocycles. The monoisotopic (exact) mass is 187 g/mol. The molecule has 14 heavy (non-hydrogen) atoms. The van der Waals surface area contributed by atoms with Crippen molar-refractivity contribution in [3.05, 3.63) is 29.3 Å². The normalized spacial score (nSPS) is 20.1. The van der Waals surface area contributed by atoms with E-state index in [0.717, 1.165) is 0 Å². The van der Waals surface area contributed by atoms with Crippen LogP contribution in [0.5, 0.6) is 0 Å². The molecule has 0 N–H and O–H groups in total. The number of hydrogen-bond acceptors (Lipinski definition) is 1. The minimum Gasteiger partial charge on any atom is -0.371 e. The van der Waals surface area contributed by atoms with Crippen molar-refractivity contribution in [2.75, 3.05) is 18.0 Å². The van der Waals surface area contributed by atoms with Crippen molar-refractivity contribution in [3.8, 4) is 0 Å². The van der Waals surface area contributed by atoms with Crippen LogP contribution in [0.15, 0.2) is 18.2 Å². The molecular formula is C13H17N. The number of rotatable bonds is 0. The molecule has 2 aliphatic heterocycles. The van der Waals surface area contributed by atoms with E-state index < -0.39 is 0 Å². The number of hydrogen-bond donors (Lipinski definition) is 0. The highest BCUT2D eigenvalue weighted by Crippen LogP contribution is 2.33. The predicted molar refractivity (Wildman–Crippen MR) is 59.9 cm³/mol. The first-order valence-electron chi connectivity index (χ1n) is 5.81. The summed E-state index contributed by atoms with van der Waals surface area (Å²) in [5.41, 5.74) is 4.78. The van der Waals surface area contributed by atoms with E-state index in [4.69, 9.17) is 0 Å². The summed E-state index contributed by atoms with van der Waals surface area (Å²) in [6.45, 7) is 2.56. The third kappa shape index (κ3) is 1.23. The van der Waals surface area contributed by atoms with Crippen LogP contribution in [0.1, 0.15) is 30.4 Å². The fourth-order valence-corrected chi connectivity index (χ4v) is 2.87. The van der Waals surface area contributed by atoms with E-state index in [1.54, 1.807) is 16.8 Å². The molecule has 74 valence electrons. The van der Waals surface area contributed by atoms with Crippen molar-refractivity contribution in [2.24, 2.45) is 0 Å². The largest absolute Gasteiger partial charge is 0.371 e. The fourth-order valence-electron chi connectivity index (χ4n) is 2.87. The second-order valence-corrected chi connectivity index (χ2v) is 4.47. The molecule has 1 aromatic rings. The summed E-state index contributed by atoms with van der Waals surface area (Å²) >= 11 is 0. The summed E-state index contributed by atoms with van der Waals surface area (Å²) in [5.74, 6) is 0. The van der Waals surface area contributed by atoms with Gasteiger partial charge in [-0.05, 0) is 43.2 Å². The average molecular weight is 187 g/mol. The van der Waals surface area contributed by atoms with Crippen LogP contribution >= 0.6 is 0 Å². The molecule has 2 aliphatic rings. The zero-order valence-electron chi connectivity index (χ0n) is 8.63. The Balaban J connectivity index is 2.14. The Bertz CT molecular complexity index is 343. The highest BCUT2D eigenvalue weighted by Gasteiger charge is 2.21.